The Morgan fingerprint density at radius 3 is 2.35 bits per heavy atom. The van der Waals surface area contributed by atoms with Gasteiger partial charge in [-0.2, -0.15) is 0 Å². The van der Waals surface area contributed by atoms with E-state index in [0.29, 0.717) is 11.3 Å². The van der Waals surface area contributed by atoms with Crippen molar-refractivity contribution in [3.63, 3.8) is 0 Å². The molecular formula is C22H32N2O5S2. The fourth-order valence-electron chi connectivity index (χ4n) is 6.33. The summed E-state index contributed by atoms with van der Waals surface area (Å²) in [5.74, 6) is 1.70. The van der Waals surface area contributed by atoms with Crippen LogP contribution in [0.5, 0.6) is 0 Å². The van der Waals surface area contributed by atoms with Crippen molar-refractivity contribution in [2.75, 3.05) is 19.4 Å². The van der Waals surface area contributed by atoms with Crippen molar-refractivity contribution in [3.05, 3.63) is 21.9 Å². The molecule has 0 spiro atoms. The lowest BCUT2D eigenvalue weighted by Crippen LogP contribution is -2.56. The average Bonchev–Trinajstić information content (AvgIpc) is 3.13. The van der Waals surface area contributed by atoms with E-state index in [0.717, 1.165) is 28.9 Å². The minimum Gasteiger partial charge on any atom is -0.451 e. The number of ether oxygens (including phenoxy) is 1. The zero-order chi connectivity index (χ0) is 22.2. The molecule has 4 aliphatic carbocycles. The zero-order valence-corrected chi connectivity index (χ0v) is 19.8. The first-order valence-electron chi connectivity index (χ1n) is 11.1. The predicted molar refractivity (Wildman–Crippen MR) is 119 cm³/mol. The molecule has 1 amide bonds. The number of rotatable bonds is 9. The van der Waals surface area contributed by atoms with Gasteiger partial charge in [-0.15, -0.1) is 11.3 Å². The smallest absolute Gasteiger partial charge is 0.348 e. The molecule has 0 aromatic carbocycles. The monoisotopic (exact) mass is 468 g/mol. The minimum absolute atomic E-state index is 0.0998. The number of thiophene rings is 1. The molecular weight excluding hydrogens is 436 g/mol. The van der Waals surface area contributed by atoms with E-state index in [2.05, 4.69) is 17.0 Å². The first kappa shape index (κ1) is 22.7. The highest BCUT2D eigenvalue weighted by Gasteiger charge is 2.53. The van der Waals surface area contributed by atoms with Crippen molar-refractivity contribution < 1.29 is 22.7 Å². The van der Waals surface area contributed by atoms with Gasteiger partial charge in [-0.05, 0) is 87.2 Å². The lowest BCUT2D eigenvalue weighted by molar-refractivity contribution is -0.128. The molecule has 4 aliphatic rings. The number of carbonyl (C=O) groups is 2. The van der Waals surface area contributed by atoms with E-state index in [1.54, 1.807) is 12.1 Å². The standard InChI is InChI=1S/C22H32N2O5S2/c1-14(22-10-15-7-16(11-22)9-17(8-15)12-22)24-20(25)13-29-21(26)19-4-3-18(30-19)5-6-23-31(2,27)28/h3-4,14-17,23H,5-13H2,1-2H3,(H,24,25). The first-order valence-corrected chi connectivity index (χ1v) is 13.8. The average molecular weight is 469 g/mol. The van der Waals surface area contributed by atoms with Crippen LogP contribution in [0.4, 0.5) is 0 Å². The van der Waals surface area contributed by atoms with Crippen LogP contribution >= 0.6 is 11.3 Å². The summed E-state index contributed by atoms with van der Waals surface area (Å²) in [6.07, 6.45) is 9.35. The van der Waals surface area contributed by atoms with Gasteiger partial charge in [0.25, 0.3) is 5.91 Å². The molecule has 0 aliphatic heterocycles. The van der Waals surface area contributed by atoms with Gasteiger partial charge in [-0.1, -0.05) is 0 Å². The molecule has 4 fully saturated rings. The van der Waals surface area contributed by atoms with Gasteiger partial charge in [0.15, 0.2) is 6.61 Å². The minimum atomic E-state index is -3.23. The molecule has 0 saturated heterocycles. The molecule has 1 heterocycles. The van der Waals surface area contributed by atoms with Crippen LogP contribution in [0.15, 0.2) is 12.1 Å². The summed E-state index contributed by atoms with van der Waals surface area (Å²) in [4.78, 5) is 26.1. The third-order valence-corrected chi connectivity index (χ3v) is 9.17. The number of nitrogens with one attached hydrogen (secondary N) is 2. The number of esters is 1. The SMILES string of the molecule is CC(NC(=O)COC(=O)c1ccc(CCNS(C)(=O)=O)s1)C12CC3CC(CC(C3)C1)C2. The molecule has 1 atom stereocenters. The largest absolute Gasteiger partial charge is 0.451 e. The lowest BCUT2D eigenvalue weighted by Gasteiger charge is -2.59. The maximum Gasteiger partial charge on any atom is 0.348 e. The topological polar surface area (TPSA) is 102 Å². The highest BCUT2D eigenvalue weighted by molar-refractivity contribution is 7.88. The molecule has 9 heteroatoms. The van der Waals surface area contributed by atoms with E-state index in [-0.39, 0.29) is 30.5 Å². The third-order valence-electron chi connectivity index (χ3n) is 7.31. The van der Waals surface area contributed by atoms with Crippen LogP contribution in [0.1, 0.15) is 60.0 Å². The molecule has 5 rings (SSSR count). The summed E-state index contributed by atoms with van der Waals surface area (Å²) < 4.78 is 29.9. The second kappa shape index (κ2) is 8.83. The summed E-state index contributed by atoms with van der Waals surface area (Å²) >= 11 is 1.25. The molecule has 1 unspecified atom stereocenters. The van der Waals surface area contributed by atoms with Crippen molar-refractivity contribution in [2.24, 2.45) is 23.2 Å². The summed E-state index contributed by atoms with van der Waals surface area (Å²) in [6.45, 7) is 2.11. The number of hydrogen-bond acceptors (Lipinski definition) is 6. The van der Waals surface area contributed by atoms with Gasteiger partial charge in [0.1, 0.15) is 4.88 Å². The van der Waals surface area contributed by atoms with Gasteiger partial charge in [-0.3, -0.25) is 4.79 Å². The Balaban J connectivity index is 1.23. The summed E-state index contributed by atoms with van der Waals surface area (Å²) in [6, 6.07) is 3.53. The highest BCUT2D eigenvalue weighted by atomic mass is 32.2. The Kier molecular flexibility index (Phi) is 6.47. The van der Waals surface area contributed by atoms with Crippen molar-refractivity contribution in [1.82, 2.24) is 10.0 Å². The Bertz CT molecular complexity index is 904. The van der Waals surface area contributed by atoms with Crippen LogP contribution in [0.2, 0.25) is 0 Å². The van der Waals surface area contributed by atoms with Gasteiger partial charge in [0.05, 0.1) is 6.26 Å². The van der Waals surface area contributed by atoms with Crippen LogP contribution < -0.4 is 10.0 Å². The van der Waals surface area contributed by atoms with E-state index >= 15 is 0 Å². The number of hydrogen-bond donors (Lipinski definition) is 2. The summed E-state index contributed by atoms with van der Waals surface area (Å²) in [5.41, 5.74) is 0.219. The second-order valence-corrected chi connectivity index (χ2v) is 12.8. The second-order valence-electron chi connectivity index (χ2n) is 9.83. The van der Waals surface area contributed by atoms with Gasteiger partial charge in [0, 0.05) is 17.5 Å². The van der Waals surface area contributed by atoms with Crippen LogP contribution in [0.25, 0.3) is 0 Å². The molecule has 172 valence electrons. The van der Waals surface area contributed by atoms with Gasteiger partial charge in [0.2, 0.25) is 10.0 Å². The van der Waals surface area contributed by atoms with E-state index in [4.69, 9.17) is 4.74 Å². The normalized spacial score (nSPS) is 30.2. The molecule has 2 N–H and O–H groups in total. The van der Waals surface area contributed by atoms with Gasteiger partial charge < -0.3 is 10.1 Å². The molecule has 4 bridgehead atoms. The molecule has 31 heavy (non-hydrogen) atoms. The Morgan fingerprint density at radius 1 is 1.16 bits per heavy atom. The molecule has 0 radical (unpaired) electrons. The van der Waals surface area contributed by atoms with E-state index in [9.17, 15) is 18.0 Å². The van der Waals surface area contributed by atoms with Crippen LogP contribution in [0, 0.1) is 23.2 Å². The van der Waals surface area contributed by atoms with Gasteiger partial charge in [-0.25, -0.2) is 17.9 Å². The van der Waals surface area contributed by atoms with Crippen molar-refractivity contribution in [1.29, 1.82) is 0 Å². The van der Waals surface area contributed by atoms with Crippen LogP contribution in [0.3, 0.4) is 0 Å². The van der Waals surface area contributed by atoms with Crippen molar-refractivity contribution >= 4 is 33.2 Å². The Labute approximate surface area is 188 Å². The van der Waals surface area contributed by atoms with Crippen LogP contribution in [-0.4, -0.2) is 45.7 Å². The first-order chi connectivity index (χ1) is 14.6. The fourth-order valence-corrected chi connectivity index (χ4v) is 7.70. The molecule has 7 nitrogen and oxygen atoms in total. The molecule has 1 aromatic rings. The number of amides is 1. The van der Waals surface area contributed by atoms with Crippen molar-refractivity contribution in [2.45, 2.75) is 57.9 Å². The Hall–Kier alpha value is -1.45. The maximum absolute atomic E-state index is 12.5. The van der Waals surface area contributed by atoms with E-state index in [1.165, 1.54) is 49.9 Å². The predicted octanol–water partition coefficient (Wildman–Crippen LogP) is 2.72. The zero-order valence-electron chi connectivity index (χ0n) is 18.2. The lowest BCUT2D eigenvalue weighted by atomic mass is 9.48. The summed E-state index contributed by atoms with van der Waals surface area (Å²) in [5, 5.41) is 3.11. The molecule has 1 aromatic heterocycles. The summed E-state index contributed by atoms with van der Waals surface area (Å²) in [7, 11) is -3.23. The van der Waals surface area contributed by atoms with E-state index < -0.39 is 16.0 Å². The van der Waals surface area contributed by atoms with Crippen molar-refractivity contribution in [3.8, 4) is 0 Å². The fraction of sp³-hybridized carbons (Fsp3) is 0.727. The quantitative estimate of drug-likeness (QED) is 0.543. The van der Waals surface area contributed by atoms with Gasteiger partial charge >= 0.3 is 5.97 Å². The van der Waals surface area contributed by atoms with Crippen LogP contribution in [-0.2, 0) is 26.0 Å². The molecule has 4 saturated carbocycles. The maximum atomic E-state index is 12.5. The number of carbonyl (C=O) groups excluding carboxylic acids is 2. The Morgan fingerprint density at radius 2 is 1.77 bits per heavy atom. The highest BCUT2D eigenvalue weighted by Crippen LogP contribution is 2.61. The third kappa shape index (κ3) is 5.49. The van der Waals surface area contributed by atoms with E-state index in [1.807, 2.05) is 0 Å². The number of sulfonamides is 1.